The molecule has 2 aliphatic heterocycles. The van der Waals surface area contributed by atoms with E-state index in [0.29, 0.717) is 38.7 Å². The number of benzene rings is 1. The van der Waals surface area contributed by atoms with Crippen LogP contribution in [0.3, 0.4) is 0 Å². The van der Waals surface area contributed by atoms with Crippen LogP contribution in [0.5, 0.6) is 5.75 Å². The molecule has 2 heterocycles. The van der Waals surface area contributed by atoms with E-state index in [2.05, 4.69) is 0 Å². The SMILES string of the molecule is CCOc1ccc(S(=O)(=O)N2CCN(C(=O)C3=COCCO3)CC2)cc1. The van der Waals surface area contributed by atoms with Gasteiger partial charge in [0.15, 0.2) is 0 Å². The van der Waals surface area contributed by atoms with E-state index in [1.807, 2.05) is 6.92 Å². The van der Waals surface area contributed by atoms with Crippen molar-refractivity contribution >= 4 is 15.9 Å². The molecule has 0 aromatic heterocycles. The summed E-state index contributed by atoms with van der Waals surface area (Å²) >= 11 is 0. The van der Waals surface area contributed by atoms with Crippen LogP contribution in [0.25, 0.3) is 0 Å². The molecule has 0 bridgehead atoms. The third-order valence-corrected chi connectivity index (χ3v) is 6.07. The summed E-state index contributed by atoms with van der Waals surface area (Å²) in [6, 6.07) is 6.36. The summed E-state index contributed by atoms with van der Waals surface area (Å²) in [7, 11) is -3.60. The average molecular weight is 382 g/mol. The minimum absolute atomic E-state index is 0.166. The molecule has 1 amide bonds. The lowest BCUT2D eigenvalue weighted by molar-refractivity contribution is -0.133. The first-order valence-electron chi connectivity index (χ1n) is 8.49. The van der Waals surface area contributed by atoms with Crippen molar-refractivity contribution < 1.29 is 27.4 Å². The zero-order chi connectivity index (χ0) is 18.6. The highest BCUT2D eigenvalue weighted by Crippen LogP contribution is 2.21. The molecule has 142 valence electrons. The van der Waals surface area contributed by atoms with Gasteiger partial charge in [0.25, 0.3) is 5.91 Å². The average Bonchev–Trinajstić information content (AvgIpc) is 2.69. The van der Waals surface area contributed by atoms with Crippen molar-refractivity contribution in [3.63, 3.8) is 0 Å². The number of carbonyl (C=O) groups is 1. The van der Waals surface area contributed by atoms with Crippen LogP contribution >= 0.6 is 0 Å². The number of nitrogens with zero attached hydrogens (tertiary/aromatic N) is 2. The predicted octanol–water partition coefficient (Wildman–Crippen LogP) is 0.806. The summed E-state index contributed by atoms with van der Waals surface area (Å²) in [5, 5.41) is 0. The first-order valence-corrected chi connectivity index (χ1v) is 9.93. The van der Waals surface area contributed by atoms with E-state index in [1.54, 1.807) is 17.0 Å². The van der Waals surface area contributed by atoms with Crippen molar-refractivity contribution in [3.05, 3.63) is 36.3 Å². The Hall–Kier alpha value is -2.26. The second-order valence-corrected chi connectivity index (χ2v) is 7.74. The summed E-state index contributed by atoms with van der Waals surface area (Å²) < 4.78 is 42.6. The van der Waals surface area contributed by atoms with Crippen molar-refractivity contribution in [3.8, 4) is 5.75 Å². The molecule has 9 heteroatoms. The minimum atomic E-state index is -3.60. The van der Waals surface area contributed by atoms with Crippen molar-refractivity contribution in [1.82, 2.24) is 9.21 Å². The Morgan fingerprint density at radius 1 is 1.12 bits per heavy atom. The lowest BCUT2D eigenvalue weighted by atomic mass is 10.3. The number of rotatable bonds is 5. The molecule has 26 heavy (non-hydrogen) atoms. The van der Waals surface area contributed by atoms with Gasteiger partial charge in [-0.05, 0) is 31.2 Å². The maximum absolute atomic E-state index is 12.8. The van der Waals surface area contributed by atoms with Crippen molar-refractivity contribution in [2.45, 2.75) is 11.8 Å². The molecule has 1 aromatic rings. The van der Waals surface area contributed by atoms with Crippen molar-refractivity contribution in [2.75, 3.05) is 46.0 Å². The fraction of sp³-hybridized carbons (Fsp3) is 0.471. The Kier molecular flexibility index (Phi) is 5.67. The molecular formula is C17H22N2O6S. The monoisotopic (exact) mass is 382 g/mol. The molecule has 3 rings (SSSR count). The highest BCUT2D eigenvalue weighted by atomic mass is 32.2. The van der Waals surface area contributed by atoms with Crippen LogP contribution in [0.1, 0.15) is 6.92 Å². The van der Waals surface area contributed by atoms with Gasteiger partial charge in [-0.1, -0.05) is 0 Å². The van der Waals surface area contributed by atoms with Gasteiger partial charge in [-0.25, -0.2) is 8.42 Å². The second-order valence-electron chi connectivity index (χ2n) is 5.80. The lowest BCUT2D eigenvalue weighted by Gasteiger charge is -2.34. The Morgan fingerprint density at radius 3 is 2.38 bits per heavy atom. The van der Waals surface area contributed by atoms with Crippen LogP contribution in [0, 0.1) is 0 Å². The molecular weight excluding hydrogens is 360 g/mol. The highest BCUT2D eigenvalue weighted by molar-refractivity contribution is 7.89. The number of amides is 1. The molecule has 0 spiro atoms. The Labute approximate surface area is 153 Å². The number of sulfonamides is 1. The molecule has 0 atom stereocenters. The van der Waals surface area contributed by atoms with Gasteiger partial charge >= 0.3 is 0 Å². The standard InChI is InChI=1S/C17H22N2O6S/c1-2-24-14-3-5-15(6-4-14)26(21,22)19-9-7-18(8-10-19)17(20)16-13-23-11-12-25-16/h3-6,13H,2,7-12H2,1H3. The van der Waals surface area contributed by atoms with Crippen LogP contribution in [0.4, 0.5) is 0 Å². The Bertz CT molecular complexity index is 767. The third kappa shape index (κ3) is 3.94. The molecule has 0 radical (unpaired) electrons. The minimum Gasteiger partial charge on any atom is -0.494 e. The molecule has 1 aromatic carbocycles. The smallest absolute Gasteiger partial charge is 0.292 e. The second kappa shape index (κ2) is 7.96. The molecule has 0 aliphatic carbocycles. The lowest BCUT2D eigenvalue weighted by Crippen LogP contribution is -2.51. The highest BCUT2D eigenvalue weighted by Gasteiger charge is 2.32. The fourth-order valence-electron chi connectivity index (χ4n) is 2.79. The number of hydrogen-bond donors (Lipinski definition) is 0. The molecule has 8 nitrogen and oxygen atoms in total. The Morgan fingerprint density at radius 2 is 1.81 bits per heavy atom. The van der Waals surface area contributed by atoms with Crippen LogP contribution in [-0.2, 0) is 24.3 Å². The number of piperazine rings is 1. The van der Waals surface area contributed by atoms with Crippen molar-refractivity contribution in [2.24, 2.45) is 0 Å². The van der Waals surface area contributed by atoms with Gasteiger partial charge in [-0.15, -0.1) is 0 Å². The van der Waals surface area contributed by atoms with Gasteiger partial charge in [0.05, 0.1) is 11.5 Å². The Balaban J connectivity index is 1.63. The predicted molar refractivity (Wildman–Crippen MR) is 92.9 cm³/mol. The van der Waals surface area contributed by atoms with E-state index in [0.717, 1.165) is 0 Å². The molecule has 0 unspecified atom stereocenters. The summed E-state index contributed by atoms with van der Waals surface area (Å²) in [6.07, 6.45) is 1.31. The first-order chi connectivity index (χ1) is 12.5. The van der Waals surface area contributed by atoms with Gasteiger partial charge in [0.1, 0.15) is 25.2 Å². The van der Waals surface area contributed by atoms with Gasteiger partial charge in [-0.2, -0.15) is 4.31 Å². The number of carbonyl (C=O) groups excluding carboxylic acids is 1. The molecule has 1 saturated heterocycles. The van der Waals surface area contributed by atoms with Gasteiger partial charge < -0.3 is 19.1 Å². The molecule has 2 aliphatic rings. The van der Waals surface area contributed by atoms with E-state index in [1.165, 1.54) is 22.7 Å². The molecule has 1 fully saturated rings. The van der Waals surface area contributed by atoms with E-state index < -0.39 is 10.0 Å². The summed E-state index contributed by atoms with van der Waals surface area (Å²) in [5.41, 5.74) is 0. The summed E-state index contributed by atoms with van der Waals surface area (Å²) in [4.78, 5) is 14.1. The maximum Gasteiger partial charge on any atom is 0.292 e. The zero-order valence-electron chi connectivity index (χ0n) is 14.6. The maximum atomic E-state index is 12.8. The number of hydrogen-bond acceptors (Lipinski definition) is 6. The van der Waals surface area contributed by atoms with E-state index >= 15 is 0 Å². The number of ether oxygens (including phenoxy) is 3. The summed E-state index contributed by atoms with van der Waals surface area (Å²) in [6.45, 7) is 4.21. The van der Waals surface area contributed by atoms with Crippen LogP contribution in [0.15, 0.2) is 41.2 Å². The molecule has 0 N–H and O–H groups in total. The first kappa shape index (κ1) is 18.5. The zero-order valence-corrected chi connectivity index (χ0v) is 15.4. The van der Waals surface area contributed by atoms with Crippen LogP contribution in [0.2, 0.25) is 0 Å². The van der Waals surface area contributed by atoms with Gasteiger partial charge in [0.2, 0.25) is 15.8 Å². The van der Waals surface area contributed by atoms with E-state index in [-0.39, 0.29) is 29.7 Å². The summed E-state index contributed by atoms with van der Waals surface area (Å²) in [5.74, 6) is 0.520. The van der Waals surface area contributed by atoms with E-state index in [4.69, 9.17) is 14.2 Å². The fourth-order valence-corrected chi connectivity index (χ4v) is 4.21. The van der Waals surface area contributed by atoms with Crippen LogP contribution < -0.4 is 4.74 Å². The quantitative estimate of drug-likeness (QED) is 0.749. The largest absolute Gasteiger partial charge is 0.494 e. The van der Waals surface area contributed by atoms with Crippen LogP contribution in [-0.4, -0.2) is 69.5 Å². The normalized spacial score (nSPS) is 18.5. The third-order valence-electron chi connectivity index (χ3n) is 4.16. The van der Waals surface area contributed by atoms with Crippen molar-refractivity contribution in [1.29, 1.82) is 0 Å². The van der Waals surface area contributed by atoms with E-state index in [9.17, 15) is 13.2 Å². The van der Waals surface area contributed by atoms with Gasteiger partial charge in [-0.3, -0.25) is 4.79 Å². The van der Waals surface area contributed by atoms with Gasteiger partial charge in [0, 0.05) is 26.2 Å². The topological polar surface area (TPSA) is 85.4 Å². The molecule has 0 saturated carbocycles.